The normalized spacial score (nSPS) is 25.2. The average molecular weight is 482 g/mol. The van der Waals surface area contributed by atoms with Gasteiger partial charge in [-0.2, -0.15) is 5.26 Å². The van der Waals surface area contributed by atoms with E-state index in [9.17, 15) is 25.2 Å². The van der Waals surface area contributed by atoms with E-state index in [0.717, 1.165) is 17.8 Å². The van der Waals surface area contributed by atoms with Crippen molar-refractivity contribution in [3.63, 3.8) is 0 Å². The second-order valence-electron chi connectivity index (χ2n) is 6.96. The SMILES string of the molecule is COc1cc(/C=C/C(=O)OC[C@H]2O[C@@H](S/C=C\CCC#N)[C@H](O)[C@@H](O)[C@@H]2O)cc(OC)c1O. The van der Waals surface area contributed by atoms with Crippen LogP contribution in [0.3, 0.4) is 0 Å². The molecule has 1 aliphatic heterocycles. The van der Waals surface area contributed by atoms with E-state index in [1.165, 1.54) is 32.4 Å². The van der Waals surface area contributed by atoms with E-state index in [1.54, 1.807) is 11.5 Å². The molecule has 0 aliphatic carbocycles. The van der Waals surface area contributed by atoms with Gasteiger partial charge in [-0.1, -0.05) is 17.8 Å². The number of carbonyl (C=O) groups excluding carboxylic acids is 1. The van der Waals surface area contributed by atoms with Crippen LogP contribution in [-0.4, -0.2) is 77.1 Å². The Morgan fingerprint density at radius 2 is 1.85 bits per heavy atom. The molecule has 11 heteroatoms. The minimum atomic E-state index is -1.49. The molecular weight excluding hydrogens is 454 g/mol. The zero-order valence-corrected chi connectivity index (χ0v) is 19.0. The van der Waals surface area contributed by atoms with Crippen molar-refractivity contribution in [3.8, 4) is 23.3 Å². The highest BCUT2D eigenvalue weighted by atomic mass is 32.2. The van der Waals surface area contributed by atoms with Gasteiger partial charge in [-0.3, -0.25) is 0 Å². The molecule has 1 saturated heterocycles. The Labute approximate surface area is 195 Å². The average Bonchev–Trinajstić information content (AvgIpc) is 2.82. The number of carbonyl (C=O) groups is 1. The molecule has 1 aromatic carbocycles. The first-order valence-corrected chi connectivity index (χ1v) is 10.9. The molecule has 2 rings (SSSR count). The summed E-state index contributed by atoms with van der Waals surface area (Å²) in [5, 5.41) is 50.5. The lowest BCUT2D eigenvalue weighted by molar-refractivity contribution is -0.209. The molecule has 0 bridgehead atoms. The highest BCUT2D eigenvalue weighted by molar-refractivity contribution is 8.02. The maximum atomic E-state index is 12.1. The second kappa shape index (κ2) is 13.1. The van der Waals surface area contributed by atoms with Gasteiger partial charge < -0.3 is 39.4 Å². The van der Waals surface area contributed by atoms with Gasteiger partial charge in [-0.15, -0.1) is 0 Å². The number of hydrogen-bond acceptors (Lipinski definition) is 11. The number of nitrogens with zero attached hydrogens (tertiary/aromatic N) is 1. The van der Waals surface area contributed by atoms with Gasteiger partial charge in [0.1, 0.15) is 36.5 Å². The minimum Gasteiger partial charge on any atom is -0.502 e. The van der Waals surface area contributed by atoms with Crippen molar-refractivity contribution in [3.05, 3.63) is 35.3 Å². The van der Waals surface area contributed by atoms with Crippen LogP contribution >= 0.6 is 11.8 Å². The molecular formula is C22H27NO9S. The molecule has 10 nitrogen and oxygen atoms in total. The number of unbranched alkanes of at least 4 members (excludes halogenated alkanes) is 1. The Kier molecular flexibility index (Phi) is 10.5. The molecule has 1 aliphatic rings. The number of thioether (sulfide) groups is 1. The molecule has 0 unspecified atom stereocenters. The van der Waals surface area contributed by atoms with Gasteiger partial charge in [0.25, 0.3) is 0 Å². The van der Waals surface area contributed by atoms with E-state index in [0.29, 0.717) is 18.4 Å². The van der Waals surface area contributed by atoms with Gasteiger partial charge in [0.15, 0.2) is 11.5 Å². The van der Waals surface area contributed by atoms with Gasteiger partial charge in [0.05, 0.1) is 20.3 Å². The Morgan fingerprint density at radius 3 is 2.45 bits per heavy atom. The van der Waals surface area contributed by atoms with Crippen LogP contribution in [0, 0.1) is 11.3 Å². The quantitative estimate of drug-likeness (QED) is 0.217. The van der Waals surface area contributed by atoms with Crippen molar-refractivity contribution >= 4 is 23.8 Å². The number of allylic oxidation sites excluding steroid dienone is 1. The molecule has 0 spiro atoms. The number of phenols is 1. The number of phenolic OH excluding ortho intramolecular Hbond substituents is 1. The Morgan fingerprint density at radius 1 is 1.18 bits per heavy atom. The standard InChI is InChI=1S/C22H27NO9S/c1-29-14-10-13(11-15(30-2)18(14)25)6-7-17(24)31-12-16-19(26)20(27)21(28)22(32-16)33-9-5-3-4-8-23/h5-7,9-11,16,19-22,25-28H,3-4,12H2,1-2H3/b7-6+,9-5-/t16-,19-,20+,21-,22+/m1/s1. The zero-order valence-electron chi connectivity index (χ0n) is 18.2. The topological polar surface area (TPSA) is 159 Å². The van der Waals surface area contributed by atoms with Crippen LogP contribution in [0.2, 0.25) is 0 Å². The third-order valence-corrected chi connectivity index (χ3v) is 5.71. The van der Waals surface area contributed by atoms with E-state index in [2.05, 4.69) is 0 Å². The van der Waals surface area contributed by atoms with Crippen LogP contribution in [0.1, 0.15) is 18.4 Å². The summed E-state index contributed by atoms with van der Waals surface area (Å²) in [5.74, 6) is -0.577. The Balaban J connectivity index is 1.96. The summed E-state index contributed by atoms with van der Waals surface area (Å²) in [6, 6.07) is 5.00. The van der Waals surface area contributed by atoms with Gasteiger partial charge in [0.2, 0.25) is 5.75 Å². The lowest BCUT2D eigenvalue weighted by Crippen LogP contribution is -2.57. The van der Waals surface area contributed by atoms with Gasteiger partial charge in [-0.05, 0) is 35.6 Å². The minimum absolute atomic E-state index is 0.166. The molecule has 0 aromatic heterocycles. The summed E-state index contributed by atoms with van der Waals surface area (Å²) < 4.78 is 20.8. The Bertz CT molecular complexity index is 873. The largest absolute Gasteiger partial charge is 0.502 e. The van der Waals surface area contributed by atoms with Gasteiger partial charge >= 0.3 is 5.97 Å². The fourth-order valence-corrected chi connectivity index (χ4v) is 3.83. The maximum absolute atomic E-state index is 12.1. The highest BCUT2D eigenvalue weighted by Gasteiger charge is 2.44. The summed E-state index contributed by atoms with van der Waals surface area (Å²) in [6.07, 6.45) is -0.178. The first kappa shape index (κ1) is 26.5. The predicted octanol–water partition coefficient (Wildman–Crippen LogP) is 1.32. The number of esters is 1. The van der Waals surface area contributed by atoms with Crippen LogP contribution in [0.25, 0.3) is 6.08 Å². The van der Waals surface area contributed by atoms with Crippen molar-refractivity contribution in [2.75, 3.05) is 20.8 Å². The van der Waals surface area contributed by atoms with Crippen LogP contribution in [0.4, 0.5) is 0 Å². The van der Waals surface area contributed by atoms with Crippen molar-refractivity contribution in [1.82, 2.24) is 0 Å². The molecule has 0 radical (unpaired) electrons. The number of aliphatic hydroxyl groups is 3. The van der Waals surface area contributed by atoms with Crippen molar-refractivity contribution in [2.24, 2.45) is 0 Å². The number of hydrogen-bond donors (Lipinski definition) is 4. The number of aromatic hydroxyl groups is 1. The van der Waals surface area contributed by atoms with Crippen LogP contribution in [-0.2, 0) is 14.3 Å². The number of methoxy groups -OCH3 is 2. The smallest absolute Gasteiger partial charge is 0.330 e. The summed E-state index contributed by atoms with van der Waals surface area (Å²) in [4.78, 5) is 12.1. The molecule has 1 aromatic rings. The third kappa shape index (κ3) is 7.38. The monoisotopic (exact) mass is 481 g/mol. The van der Waals surface area contributed by atoms with Crippen molar-refractivity contribution < 1.29 is 44.2 Å². The van der Waals surface area contributed by atoms with Crippen LogP contribution < -0.4 is 9.47 Å². The van der Waals surface area contributed by atoms with Gasteiger partial charge in [0, 0.05) is 12.5 Å². The Hall–Kier alpha value is -2.75. The number of rotatable bonds is 10. The molecule has 33 heavy (non-hydrogen) atoms. The van der Waals surface area contributed by atoms with Crippen molar-refractivity contribution in [1.29, 1.82) is 5.26 Å². The van der Waals surface area contributed by atoms with Gasteiger partial charge in [-0.25, -0.2) is 4.79 Å². The van der Waals surface area contributed by atoms with Crippen LogP contribution in [0.5, 0.6) is 17.2 Å². The second-order valence-corrected chi connectivity index (χ2v) is 7.97. The van der Waals surface area contributed by atoms with Crippen LogP contribution in [0.15, 0.2) is 29.7 Å². The number of benzene rings is 1. The first-order valence-electron chi connectivity index (χ1n) is 9.99. The van der Waals surface area contributed by atoms with E-state index in [-0.39, 0.29) is 23.9 Å². The fourth-order valence-electron chi connectivity index (χ4n) is 2.90. The summed E-state index contributed by atoms with van der Waals surface area (Å²) in [5.41, 5.74) is -0.386. The lowest BCUT2D eigenvalue weighted by Gasteiger charge is -2.39. The van der Waals surface area contributed by atoms with E-state index in [1.807, 2.05) is 6.07 Å². The molecule has 0 amide bonds. The molecule has 1 heterocycles. The summed E-state index contributed by atoms with van der Waals surface area (Å²) in [6.45, 7) is -0.356. The molecule has 180 valence electrons. The maximum Gasteiger partial charge on any atom is 0.330 e. The van der Waals surface area contributed by atoms with Crippen molar-refractivity contribution in [2.45, 2.75) is 42.7 Å². The predicted molar refractivity (Wildman–Crippen MR) is 119 cm³/mol. The van der Waals surface area contributed by atoms with E-state index in [4.69, 9.17) is 24.2 Å². The third-order valence-electron chi connectivity index (χ3n) is 4.70. The fraction of sp³-hybridized carbons (Fsp3) is 0.455. The van der Waals surface area contributed by atoms with E-state index < -0.39 is 35.8 Å². The van der Waals surface area contributed by atoms with E-state index >= 15 is 0 Å². The highest BCUT2D eigenvalue weighted by Crippen LogP contribution is 2.37. The summed E-state index contributed by atoms with van der Waals surface area (Å²) >= 11 is 1.08. The molecule has 1 fully saturated rings. The zero-order chi connectivity index (χ0) is 24.4. The first-order chi connectivity index (χ1) is 15.8. The molecule has 4 N–H and O–H groups in total. The molecule has 0 saturated carbocycles. The molecule has 5 atom stereocenters. The lowest BCUT2D eigenvalue weighted by atomic mass is 10.0. The number of nitriles is 1. The summed E-state index contributed by atoms with van der Waals surface area (Å²) in [7, 11) is 2.76. The number of ether oxygens (including phenoxy) is 4. The number of aliphatic hydroxyl groups excluding tert-OH is 3.